The summed E-state index contributed by atoms with van der Waals surface area (Å²) in [7, 11) is 0. The molecule has 0 fully saturated rings. The molecule has 0 aliphatic carbocycles. The second kappa shape index (κ2) is 6.03. The van der Waals surface area contributed by atoms with Crippen molar-refractivity contribution in [3.8, 4) is 5.75 Å². The monoisotopic (exact) mass is 311 g/mol. The van der Waals surface area contributed by atoms with E-state index in [1.807, 2.05) is 30.3 Å². The van der Waals surface area contributed by atoms with Gasteiger partial charge < -0.3 is 4.74 Å². The molecule has 2 rings (SSSR count). The number of nitrogens with zero attached hydrogens (tertiary/aromatic N) is 1. The first-order valence-electron chi connectivity index (χ1n) is 5.15. The van der Waals surface area contributed by atoms with Gasteiger partial charge in [0.2, 0.25) is 0 Å². The van der Waals surface area contributed by atoms with E-state index in [0.29, 0.717) is 12.5 Å². The van der Waals surface area contributed by atoms with Crippen molar-refractivity contribution in [2.24, 2.45) is 0 Å². The highest BCUT2D eigenvalue weighted by Gasteiger charge is 2.02. The number of aromatic nitrogens is 1. The maximum atomic E-state index is 5.75. The minimum Gasteiger partial charge on any atom is -0.488 e. The van der Waals surface area contributed by atoms with E-state index in [2.05, 4.69) is 20.9 Å². The van der Waals surface area contributed by atoms with Gasteiger partial charge in [0.15, 0.2) is 0 Å². The van der Waals surface area contributed by atoms with E-state index in [-0.39, 0.29) is 0 Å². The molecule has 1 aromatic heterocycles. The Balaban J connectivity index is 2.04. The molecule has 88 valence electrons. The minimum atomic E-state index is 0.501. The van der Waals surface area contributed by atoms with Gasteiger partial charge in [-0.25, -0.2) is 0 Å². The molecular formula is C13H11BrClNO. The average Bonchev–Trinajstić information content (AvgIpc) is 2.38. The van der Waals surface area contributed by atoms with Crippen LogP contribution in [0.3, 0.4) is 0 Å². The van der Waals surface area contributed by atoms with Crippen molar-refractivity contribution >= 4 is 27.5 Å². The molecule has 0 saturated carbocycles. The summed E-state index contributed by atoms with van der Waals surface area (Å²) in [6, 6.07) is 9.71. The second-order valence-corrected chi connectivity index (χ2v) is 4.67. The molecule has 4 heteroatoms. The molecule has 0 amide bonds. The average molecular weight is 313 g/mol. The molecule has 0 bridgehead atoms. The first kappa shape index (κ1) is 12.4. The normalized spacial score (nSPS) is 10.2. The lowest BCUT2D eigenvalue weighted by molar-refractivity contribution is 0.303. The van der Waals surface area contributed by atoms with E-state index in [0.717, 1.165) is 21.3 Å². The quantitative estimate of drug-likeness (QED) is 0.791. The number of halogens is 2. The van der Waals surface area contributed by atoms with E-state index in [1.54, 1.807) is 12.4 Å². The second-order valence-electron chi connectivity index (χ2n) is 3.55. The van der Waals surface area contributed by atoms with Crippen LogP contribution >= 0.6 is 27.5 Å². The van der Waals surface area contributed by atoms with Gasteiger partial charge in [-0.1, -0.05) is 12.1 Å². The number of hydrogen-bond acceptors (Lipinski definition) is 2. The van der Waals surface area contributed by atoms with Crippen LogP contribution in [0.2, 0.25) is 0 Å². The number of hydrogen-bond donors (Lipinski definition) is 0. The van der Waals surface area contributed by atoms with E-state index < -0.39 is 0 Å². The van der Waals surface area contributed by atoms with Gasteiger partial charge in [-0.05, 0) is 39.7 Å². The van der Waals surface area contributed by atoms with Crippen molar-refractivity contribution in [2.45, 2.75) is 12.5 Å². The molecule has 0 radical (unpaired) electrons. The number of benzene rings is 1. The highest BCUT2D eigenvalue weighted by molar-refractivity contribution is 9.10. The fourth-order valence-electron chi connectivity index (χ4n) is 1.39. The van der Waals surface area contributed by atoms with Crippen LogP contribution in [-0.2, 0) is 12.5 Å². The number of rotatable bonds is 4. The summed E-state index contributed by atoms with van der Waals surface area (Å²) in [4.78, 5) is 4.04. The van der Waals surface area contributed by atoms with Gasteiger partial charge >= 0.3 is 0 Å². The largest absolute Gasteiger partial charge is 0.488 e. The third-order valence-electron chi connectivity index (χ3n) is 2.27. The summed E-state index contributed by atoms with van der Waals surface area (Å²) in [6.07, 6.45) is 3.54. The first-order chi connectivity index (χ1) is 8.29. The molecule has 2 aromatic rings. The SMILES string of the molecule is ClCc1ccc(OCc2cccnc2)c(Br)c1. The van der Waals surface area contributed by atoms with Gasteiger partial charge in [0.25, 0.3) is 0 Å². The molecule has 1 aromatic carbocycles. The standard InChI is InChI=1S/C13H11BrClNO/c14-12-6-10(7-15)3-4-13(12)17-9-11-2-1-5-16-8-11/h1-6,8H,7,9H2. The number of pyridine rings is 1. The summed E-state index contributed by atoms with van der Waals surface area (Å²) >= 11 is 9.22. The fourth-order valence-corrected chi connectivity index (χ4v) is 2.10. The summed E-state index contributed by atoms with van der Waals surface area (Å²) in [5.74, 6) is 1.31. The van der Waals surface area contributed by atoms with Gasteiger partial charge in [0.1, 0.15) is 12.4 Å². The maximum absolute atomic E-state index is 5.75. The first-order valence-corrected chi connectivity index (χ1v) is 6.48. The van der Waals surface area contributed by atoms with Crippen LogP contribution in [-0.4, -0.2) is 4.98 Å². The van der Waals surface area contributed by atoms with Crippen molar-refractivity contribution in [1.29, 1.82) is 0 Å². The van der Waals surface area contributed by atoms with Crippen LogP contribution < -0.4 is 4.74 Å². The Labute approximate surface area is 114 Å². The summed E-state index contributed by atoms with van der Waals surface area (Å²) in [5.41, 5.74) is 2.10. The van der Waals surface area contributed by atoms with Gasteiger partial charge in [0.05, 0.1) is 4.47 Å². The highest BCUT2D eigenvalue weighted by atomic mass is 79.9. The Bertz CT molecular complexity index is 490. The topological polar surface area (TPSA) is 22.1 Å². The van der Waals surface area contributed by atoms with E-state index in [1.165, 1.54) is 0 Å². The summed E-state index contributed by atoms with van der Waals surface area (Å²) in [6.45, 7) is 0.507. The van der Waals surface area contributed by atoms with Gasteiger partial charge in [-0.15, -0.1) is 11.6 Å². The number of ether oxygens (including phenoxy) is 1. The Hall–Kier alpha value is -1.06. The summed E-state index contributed by atoms with van der Waals surface area (Å²) < 4.78 is 6.61. The lowest BCUT2D eigenvalue weighted by Crippen LogP contribution is -1.96. The van der Waals surface area contributed by atoms with Gasteiger partial charge in [0, 0.05) is 23.8 Å². The Morgan fingerprint density at radius 3 is 2.76 bits per heavy atom. The molecule has 0 atom stereocenters. The van der Waals surface area contributed by atoms with Crippen LogP contribution in [0.4, 0.5) is 0 Å². The van der Waals surface area contributed by atoms with Crippen molar-refractivity contribution in [2.75, 3.05) is 0 Å². The third kappa shape index (κ3) is 3.45. The van der Waals surface area contributed by atoms with Crippen molar-refractivity contribution in [3.05, 3.63) is 58.3 Å². The minimum absolute atomic E-state index is 0.501. The molecule has 0 aliphatic heterocycles. The summed E-state index contributed by atoms with van der Waals surface area (Å²) in [5, 5.41) is 0. The lowest BCUT2D eigenvalue weighted by atomic mass is 10.2. The molecular weight excluding hydrogens is 302 g/mol. The van der Waals surface area contributed by atoms with Gasteiger partial charge in [-0.3, -0.25) is 4.98 Å². The number of alkyl halides is 1. The maximum Gasteiger partial charge on any atom is 0.134 e. The Morgan fingerprint density at radius 2 is 2.12 bits per heavy atom. The molecule has 0 N–H and O–H groups in total. The zero-order valence-corrected chi connectivity index (χ0v) is 11.4. The smallest absolute Gasteiger partial charge is 0.134 e. The van der Waals surface area contributed by atoms with Crippen LogP contribution in [0.25, 0.3) is 0 Å². The van der Waals surface area contributed by atoms with E-state index in [4.69, 9.17) is 16.3 Å². The van der Waals surface area contributed by atoms with Crippen LogP contribution in [0.5, 0.6) is 5.75 Å². The van der Waals surface area contributed by atoms with Crippen LogP contribution in [0.1, 0.15) is 11.1 Å². The van der Waals surface area contributed by atoms with Crippen molar-refractivity contribution in [1.82, 2.24) is 4.98 Å². The zero-order valence-electron chi connectivity index (χ0n) is 9.07. The molecule has 1 heterocycles. The molecule has 2 nitrogen and oxygen atoms in total. The molecule has 0 unspecified atom stereocenters. The van der Waals surface area contributed by atoms with Gasteiger partial charge in [-0.2, -0.15) is 0 Å². The van der Waals surface area contributed by atoms with E-state index in [9.17, 15) is 0 Å². The predicted octanol–water partition coefficient (Wildman–Crippen LogP) is 4.16. The van der Waals surface area contributed by atoms with Crippen LogP contribution in [0, 0.1) is 0 Å². The Morgan fingerprint density at radius 1 is 1.24 bits per heavy atom. The van der Waals surface area contributed by atoms with Crippen LogP contribution in [0.15, 0.2) is 47.2 Å². The highest BCUT2D eigenvalue weighted by Crippen LogP contribution is 2.27. The fraction of sp³-hybridized carbons (Fsp3) is 0.154. The van der Waals surface area contributed by atoms with E-state index >= 15 is 0 Å². The molecule has 0 aliphatic rings. The Kier molecular flexibility index (Phi) is 4.40. The molecule has 0 saturated heterocycles. The predicted molar refractivity (Wildman–Crippen MR) is 72.3 cm³/mol. The van der Waals surface area contributed by atoms with Crippen molar-refractivity contribution < 1.29 is 4.74 Å². The molecule has 0 spiro atoms. The van der Waals surface area contributed by atoms with Crippen molar-refractivity contribution in [3.63, 3.8) is 0 Å². The molecule has 17 heavy (non-hydrogen) atoms. The third-order valence-corrected chi connectivity index (χ3v) is 3.20. The zero-order chi connectivity index (χ0) is 12.1. The lowest BCUT2D eigenvalue weighted by Gasteiger charge is -2.08.